The number of benzene rings is 1. The van der Waals surface area contributed by atoms with Gasteiger partial charge in [-0.15, -0.1) is 0 Å². The number of hydrogen-bond donors (Lipinski definition) is 0. The third-order valence-corrected chi connectivity index (χ3v) is 4.82. The molecule has 3 nitrogen and oxygen atoms in total. The number of carbonyl (C=O) groups is 1. The second-order valence-corrected chi connectivity index (χ2v) is 6.78. The molecule has 18 heavy (non-hydrogen) atoms. The first kappa shape index (κ1) is 13.1. The third kappa shape index (κ3) is 3.13. The van der Waals surface area contributed by atoms with E-state index < -0.39 is 27.3 Å². The minimum absolute atomic E-state index is 0.0160. The van der Waals surface area contributed by atoms with Crippen LogP contribution in [-0.2, 0) is 9.84 Å². The van der Waals surface area contributed by atoms with E-state index in [4.69, 9.17) is 0 Å². The summed E-state index contributed by atoms with van der Waals surface area (Å²) >= 11 is 0. The van der Waals surface area contributed by atoms with Crippen LogP contribution in [0, 0.1) is 17.6 Å². The van der Waals surface area contributed by atoms with Crippen LogP contribution in [0.3, 0.4) is 0 Å². The zero-order chi connectivity index (χ0) is 13.3. The first-order valence-corrected chi connectivity index (χ1v) is 7.37. The van der Waals surface area contributed by atoms with Gasteiger partial charge in [0.15, 0.2) is 15.6 Å². The SMILES string of the molecule is O=C(CC1CCS(=O)(=O)C1)c1cc(F)cc(F)c1. The molecule has 0 aromatic heterocycles. The van der Waals surface area contributed by atoms with Gasteiger partial charge in [0.05, 0.1) is 11.5 Å². The molecule has 0 amide bonds. The fraction of sp³-hybridized carbons (Fsp3) is 0.417. The van der Waals surface area contributed by atoms with Crippen molar-refractivity contribution in [2.24, 2.45) is 5.92 Å². The molecule has 1 aromatic rings. The molecule has 1 atom stereocenters. The van der Waals surface area contributed by atoms with E-state index in [-0.39, 0.29) is 29.4 Å². The summed E-state index contributed by atoms with van der Waals surface area (Å²) in [7, 11) is -3.04. The Labute approximate surface area is 104 Å². The molecule has 1 saturated heterocycles. The first-order chi connectivity index (χ1) is 8.35. The van der Waals surface area contributed by atoms with E-state index in [1.54, 1.807) is 0 Å². The normalized spacial score (nSPS) is 22.0. The minimum atomic E-state index is -3.04. The quantitative estimate of drug-likeness (QED) is 0.792. The molecule has 0 aliphatic carbocycles. The molecular weight excluding hydrogens is 262 g/mol. The lowest BCUT2D eigenvalue weighted by Crippen LogP contribution is -2.11. The Hall–Kier alpha value is -1.30. The Morgan fingerprint density at radius 2 is 1.83 bits per heavy atom. The maximum absolute atomic E-state index is 12.9. The molecule has 1 aliphatic heterocycles. The van der Waals surface area contributed by atoms with Crippen molar-refractivity contribution in [1.29, 1.82) is 0 Å². The van der Waals surface area contributed by atoms with Gasteiger partial charge in [0.1, 0.15) is 11.6 Å². The van der Waals surface area contributed by atoms with Crippen molar-refractivity contribution in [3.63, 3.8) is 0 Å². The highest BCUT2D eigenvalue weighted by Crippen LogP contribution is 2.23. The van der Waals surface area contributed by atoms with Crippen LogP contribution in [0.25, 0.3) is 0 Å². The molecule has 0 radical (unpaired) electrons. The molecule has 1 aliphatic rings. The summed E-state index contributed by atoms with van der Waals surface area (Å²) in [6.45, 7) is 0. The van der Waals surface area contributed by atoms with Gasteiger partial charge in [0.25, 0.3) is 0 Å². The van der Waals surface area contributed by atoms with Crippen LogP contribution in [0.15, 0.2) is 18.2 Å². The van der Waals surface area contributed by atoms with Crippen molar-refractivity contribution in [2.75, 3.05) is 11.5 Å². The van der Waals surface area contributed by atoms with Gasteiger partial charge in [-0.3, -0.25) is 4.79 Å². The fourth-order valence-electron chi connectivity index (χ4n) is 2.13. The molecule has 2 rings (SSSR count). The van der Waals surface area contributed by atoms with E-state index in [0.717, 1.165) is 12.1 Å². The summed E-state index contributed by atoms with van der Waals surface area (Å²) in [6.07, 6.45) is 0.452. The number of sulfone groups is 1. The monoisotopic (exact) mass is 274 g/mol. The maximum atomic E-state index is 12.9. The Balaban J connectivity index is 2.08. The minimum Gasteiger partial charge on any atom is -0.294 e. The van der Waals surface area contributed by atoms with E-state index in [1.807, 2.05) is 0 Å². The smallest absolute Gasteiger partial charge is 0.163 e. The van der Waals surface area contributed by atoms with Gasteiger partial charge >= 0.3 is 0 Å². The van der Waals surface area contributed by atoms with Gasteiger partial charge < -0.3 is 0 Å². The Morgan fingerprint density at radius 1 is 1.22 bits per heavy atom. The lowest BCUT2D eigenvalue weighted by atomic mass is 9.98. The molecule has 0 bridgehead atoms. The van der Waals surface area contributed by atoms with Crippen molar-refractivity contribution < 1.29 is 22.0 Å². The van der Waals surface area contributed by atoms with Crippen LogP contribution < -0.4 is 0 Å². The van der Waals surface area contributed by atoms with Crippen LogP contribution in [0.2, 0.25) is 0 Å². The van der Waals surface area contributed by atoms with Crippen LogP contribution in [0.5, 0.6) is 0 Å². The number of carbonyl (C=O) groups excluding carboxylic acids is 1. The van der Waals surface area contributed by atoms with Crippen molar-refractivity contribution >= 4 is 15.6 Å². The molecule has 0 spiro atoms. The molecule has 1 heterocycles. The van der Waals surface area contributed by atoms with Crippen LogP contribution in [0.1, 0.15) is 23.2 Å². The Kier molecular flexibility index (Phi) is 3.47. The summed E-state index contributed by atoms with van der Waals surface area (Å²) in [6, 6.07) is 2.63. The summed E-state index contributed by atoms with van der Waals surface area (Å²) in [4.78, 5) is 11.8. The van der Waals surface area contributed by atoms with E-state index in [1.165, 1.54) is 0 Å². The fourth-order valence-corrected chi connectivity index (χ4v) is 3.99. The molecule has 0 N–H and O–H groups in total. The van der Waals surface area contributed by atoms with E-state index in [9.17, 15) is 22.0 Å². The Bertz CT molecular complexity index is 561. The Morgan fingerprint density at radius 3 is 2.33 bits per heavy atom. The molecule has 0 saturated carbocycles. The maximum Gasteiger partial charge on any atom is 0.163 e. The van der Waals surface area contributed by atoms with E-state index in [2.05, 4.69) is 0 Å². The highest BCUT2D eigenvalue weighted by molar-refractivity contribution is 7.91. The number of ketones is 1. The average Bonchev–Trinajstić information content (AvgIpc) is 2.56. The van der Waals surface area contributed by atoms with Crippen molar-refractivity contribution in [2.45, 2.75) is 12.8 Å². The number of hydrogen-bond acceptors (Lipinski definition) is 3. The van der Waals surface area contributed by atoms with Gasteiger partial charge in [-0.05, 0) is 24.5 Å². The predicted molar refractivity (Wildman–Crippen MR) is 62.1 cm³/mol. The van der Waals surface area contributed by atoms with Crippen molar-refractivity contribution in [3.05, 3.63) is 35.4 Å². The van der Waals surface area contributed by atoms with Crippen molar-refractivity contribution in [3.8, 4) is 0 Å². The number of Topliss-reactive ketones (excluding diaryl/α,β-unsaturated/α-hetero) is 1. The highest BCUT2D eigenvalue weighted by Gasteiger charge is 2.29. The predicted octanol–water partition coefficient (Wildman–Crippen LogP) is 1.97. The lowest BCUT2D eigenvalue weighted by Gasteiger charge is -2.06. The molecule has 1 unspecified atom stereocenters. The second kappa shape index (κ2) is 4.76. The van der Waals surface area contributed by atoms with Gasteiger partial charge in [0, 0.05) is 18.1 Å². The molecule has 1 aromatic carbocycles. The largest absolute Gasteiger partial charge is 0.294 e. The van der Waals surface area contributed by atoms with Gasteiger partial charge in [0.2, 0.25) is 0 Å². The highest BCUT2D eigenvalue weighted by atomic mass is 32.2. The van der Waals surface area contributed by atoms with Gasteiger partial charge in [-0.2, -0.15) is 0 Å². The number of rotatable bonds is 3. The lowest BCUT2D eigenvalue weighted by molar-refractivity contribution is 0.0965. The van der Waals surface area contributed by atoms with Crippen LogP contribution in [0.4, 0.5) is 8.78 Å². The van der Waals surface area contributed by atoms with E-state index in [0.29, 0.717) is 12.5 Å². The average molecular weight is 274 g/mol. The standard InChI is InChI=1S/C12H12F2O3S/c13-10-4-9(5-11(14)6-10)12(15)3-8-1-2-18(16,17)7-8/h4-6,8H,1-3,7H2. The summed E-state index contributed by atoms with van der Waals surface area (Å²) in [5.74, 6) is -2.21. The second-order valence-electron chi connectivity index (χ2n) is 4.55. The van der Waals surface area contributed by atoms with Crippen molar-refractivity contribution in [1.82, 2.24) is 0 Å². The molecule has 6 heteroatoms. The summed E-state index contributed by atoms with van der Waals surface area (Å²) in [5, 5.41) is 0. The van der Waals surface area contributed by atoms with Gasteiger partial charge in [-0.25, -0.2) is 17.2 Å². The van der Waals surface area contributed by atoms with Crippen LogP contribution >= 0.6 is 0 Å². The topological polar surface area (TPSA) is 51.2 Å². The zero-order valence-electron chi connectivity index (χ0n) is 9.53. The molecular formula is C12H12F2O3S. The summed E-state index contributed by atoms with van der Waals surface area (Å²) < 4.78 is 48.3. The van der Waals surface area contributed by atoms with Crippen LogP contribution in [-0.4, -0.2) is 25.7 Å². The third-order valence-electron chi connectivity index (χ3n) is 2.99. The van der Waals surface area contributed by atoms with E-state index >= 15 is 0 Å². The van der Waals surface area contributed by atoms with Gasteiger partial charge in [-0.1, -0.05) is 0 Å². The molecule has 98 valence electrons. The zero-order valence-corrected chi connectivity index (χ0v) is 10.3. The number of halogens is 2. The first-order valence-electron chi connectivity index (χ1n) is 5.55. The molecule has 1 fully saturated rings. The summed E-state index contributed by atoms with van der Waals surface area (Å²) in [5.41, 5.74) is -0.0446.